The van der Waals surface area contributed by atoms with Crippen molar-refractivity contribution in [3.8, 4) is 0 Å². The number of rotatable bonds is 1. The minimum absolute atomic E-state index is 0.334. The average Bonchev–Trinajstić information content (AvgIpc) is 2.89. The summed E-state index contributed by atoms with van der Waals surface area (Å²) in [6, 6.07) is 0. The van der Waals surface area contributed by atoms with Gasteiger partial charge in [0.1, 0.15) is 23.8 Å². The molecular weight excluding hydrogens is 224 g/mol. The van der Waals surface area contributed by atoms with Crippen LogP contribution in [-0.4, -0.2) is 48.5 Å². The van der Waals surface area contributed by atoms with E-state index < -0.39 is 24.4 Å². The first-order valence-electron chi connectivity index (χ1n) is 5.34. The summed E-state index contributed by atoms with van der Waals surface area (Å²) in [5, 5.41) is 19.4. The third-order valence-electron chi connectivity index (χ3n) is 2.95. The smallest absolute Gasteiger partial charge is 0.180 e. The first-order valence-corrected chi connectivity index (χ1v) is 5.34. The summed E-state index contributed by atoms with van der Waals surface area (Å²) in [4.78, 5) is 15.2. The fraction of sp³-hybridized carbons (Fsp3) is 0.500. The summed E-state index contributed by atoms with van der Waals surface area (Å²) < 4.78 is 5.43. The normalized spacial score (nSPS) is 33.4. The Kier molecular flexibility index (Phi) is 2.32. The maximum atomic E-state index is 9.82. The Bertz CT molecular complexity index is 543. The van der Waals surface area contributed by atoms with Crippen LogP contribution in [0, 0.1) is 0 Å². The van der Waals surface area contributed by atoms with Gasteiger partial charge >= 0.3 is 0 Å². The molecule has 4 atom stereocenters. The van der Waals surface area contributed by atoms with Gasteiger partial charge in [-0.15, -0.1) is 0 Å². The predicted molar refractivity (Wildman–Crippen MR) is 57.0 cm³/mol. The van der Waals surface area contributed by atoms with Crippen LogP contribution in [0.1, 0.15) is 18.9 Å². The number of aromatic amines is 1. The third kappa shape index (κ3) is 1.59. The molecule has 3 heterocycles. The van der Waals surface area contributed by atoms with E-state index in [9.17, 15) is 10.2 Å². The Morgan fingerprint density at radius 1 is 1.29 bits per heavy atom. The number of nitrogens with one attached hydrogen (secondary N) is 1. The predicted octanol–water partition coefficient (Wildman–Crippen LogP) is -0.466. The Morgan fingerprint density at radius 3 is 2.82 bits per heavy atom. The van der Waals surface area contributed by atoms with Crippen molar-refractivity contribution < 1.29 is 14.9 Å². The van der Waals surface area contributed by atoms with Crippen molar-refractivity contribution in [1.29, 1.82) is 0 Å². The molecule has 0 aliphatic carbocycles. The zero-order chi connectivity index (χ0) is 12.0. The quantitative estimate of drug-likeness (QED) is 0.618. The fourth-order valence-electron chi connectivity index (χ4n) is 1.95. The van der Waals surface area contributed by atoms with Gasteiger partial charge in [0.2, 0.25) is 0 Å². The zero-order valence-electron chi connectivity index (χ0n) is 9.11. The minimum Gasteiger partial charge on any atom is -0.388 e. The Labute approximate surface area is 96.5 Å². The largest absolute Gasteiger partial charge is 0.388 e. The third-order valence-corrected chi connectivity index (χ3v) is 2.95. The highest BCUT2D eigenvalue weighted by Gasteiger charge is 2.42. The second-order valence-corrected chi connectivity index (χ2v) is 4.11. The lowest BCUT2D eigenvalue weighted by Crippen LogP contribution is -2.29. The van der Waals surface area contributed by atoms with Crippen molar-refractivity contribution >= 4 is 11.2 Å². The number of aromatic nitrogens is 4. The summed E-state index contributed by atoms with van der Waals surface area (Å²) in [5.41, 5.74) is 1.23. The van der Waals surface area contributed by atoms with Gasteiger partial charge in [-0.25, -0.2) is 15.0 Å². The monoisotopic (exact) mass is 236 g/mol. The van der Waals surface area contributed by atoms with E-state index in [-0.39, 0.29) is 0 Å². The van der Waals surface area contributed by atoms with Crippen LogP contribution in [0.25, 0.3) is 11.2 Å². The molecule has 1 aliphatic heterocycles. The van der Waals surface area contributed by atoms with Crippen molar-refractivity contribution in [2.24, 2.45) is 0 Å². The lowest BCUT2D eigenvalue weighted by Gasteiger charge is -2.12. The molecule has 0 spiro atoms. The highest BCUT2D eigenvalue weighted by atomic mass is 16.5. The van der Waals surface area contributed by atoms with Gasteiger partial charge in [-0.1, -0.05) is 0 Å². The number of nitrogens with zero attached hydrogens (tertiary/aromatic N) is 3. The Hall–Kier alpha value is -1.57. The van der Waals surface area contributed by atoms with E-state index in [1.54, 1.807) is 13.1 Å². The molecule has 0 aromatic carbocycles. The van der Waals surface area contributed by atoms with Crippen LogP contribution in [0.3, 0.4) is 0 Å². The van der Waals surface area contributed by atoms with Crippen molar-refractivity contribution in [2.75, 3.05) is 0 Å². The molecule has 2 aromatic rings. The molecule has 1 unspecified atom stereocenters. The molecule has 1 fully saturated rings. The van der Waals surface area contributed by atoms with Crippen LogP contribution in [-0.2, 0) is 4.74 Å². The molecule has 3 N–H and O–H groups in total. The topological polar surface area (TPSA) is 104 Å². The Balaban J connectivity index is 1.98. The number of fused-ring (bicyclic) bond motifs is 1. The lowest BCUT2D eigenvalue weighted by molar-refractivity contribution is 0.00984. The van der Waals surface area contributed by atoms with Crippen molar-refractivity contribution in [1.82, 2.24) is 19.9 Å². The van der Waals surface area contributed by atoms with Crippen molar-refractivity contribution in [2.45, 2.75) is 31.3 Å². The molecule has 0 amide bonds. The zero-order valence-corrected chi connectivity index (χ0v) is 9.11. The summed E-state index contributed by atoms with van der Waals surface area (Å²) in [7, 11) is 0. The van der Waals surface area contributed by atoms with Gasteiger partial charge in [0.05, 0.1) is 18.6 Å². The van der Waals surface area contributed by atoms with E-state index in [0.29, 0.717) is 11.5 Å². The maximum absolute atomic E-state index is 9.82. The number of aliphatic hydroxyl groups excluding tert-OH is 2. The number of aliphatic hydroxyl groups is 2. The van der Waals surface area contributed by atoms with Crippen molar-refractivity contribution in [3.63, 3.8) is 0 Å². The number of ether oxygens (including phenoxy) is 1. The van der Waals surface area contributed by atoms with Gasteiger partial charge < -0.3 is 19.9 Å². The number of hydrogen-bond acceptors (Lipinski definition) is 6. The molecule has 3 rings (SSSR count). The van der Waals surface area contributed by atoms with Gasteiger partial charge in [-0.05, 0) is 6.92 Å². The Morgan fingerprint density at radius 2 is 2.12 bits per heavy atom. The molecular formula is C10H12N4O3. The molecule has 7 nitrogen and oxygen atoms in total. The molecule has 0 saturated carbocycles. The second-order valence-electron chi connectivity index (χ2n) is 4.11. The standard InChI is InChI=1S/C10H12N4O3/c1-4-6(15)7(16)8(17-4)10-11-2-5-9(14-10)13-3-12-5/h2-4,6-8,15-16H,1H3,(H,11,12,13,14)/t4-,6-,7-,8?/m1/s1. The van der Waals surface area contributed by atoms with Gasteiger partial charge in [0, 0.05) is 0 Å². The van der Waals surface area contributed by atoms with Gasteiger partial charge in [0.15, 0.2) is 11.5 Å². The van der Waals surface area contributed by atoms with E-state index in [1.807, 2.05) is 0 Å². The van der Waals surface area contributed by atoms with Crippen LogP contribution in [0.2, 0.25) is 0 Å². The van der Waals surface area contributed by atoms with Crippen molar-refractivity contribution in [3.05, 3.63) is 18.3 Å². The van der Waals surface area contributed by atoms with Gasteiger partial charge in [-0.2, -0.15) is 0 Å². The summed E-state index contributed by atoms with van der Waals surface area (Å²) in [5.74, 6) is 0.334. The second kappa shape index (κ2) is 3.73. The number of H-pyrrole nitrogens is 1. The van der Waals surface area contributed by atoms with E-state index in [2.05, 4.69) is 19.9 Å². The minimum atomic E-state index is -1.01. The van der Waals surface area contributed by atoms with E-state index in [4.69, 9.17) is 4.74 Å². The molecule has 2 aromatic heterocycles. The SMILES string of the molecule is C[C@H]1OC(c2ncc3[nH]cnc3n2)[C@H](O)[C@@H]1O. The molecule has 1 aliphatic rings. The van der Waals surface area contributed by atoms with Crippen LogP contribution in [0.15, 0.2) is 12.5 Å². The first kappa shape index (κ1) is 10.6. The van der Waals surface area contributed by atoms with E-state index in [0.717, 1.165) is 5.52 Å². The average molecular weight is 236 g/mol. The lowest BCUT2D eigenvalue weighted by atomic mass is 10.1. The van der Waals surface area contributed by atoms with Crippen LogP contribution in [0.4, 0.5) is 0 Å². The molecule has 0 radical (unpaired) electrons. The van der Waals surface area contributed by atoms with Crippen LogP contribution in [0.5, 0.6) is 0 Å². The van der Waals surface area contributed by atoms with E-state index >= 15 is 0 Å². The summed E-state index contributed by atoms with van der Waals surface area (Å²) >= 11 is 0. The van der Waals surface area contributed by atoms with E-state index in [1.165, 1.54) is 6.33 Å². The summed E-state index contributed by atoms with van der Waals surface area (Å²) in [6.45, 7) is 1.70. The van der Waals surface area contributed by atoms with Crippen LogP contribution >= 0.6 is 0 Å². The fourth-order valence-corrected chi connectivity index (χ4v) is 1.95. The molecule has 7 heteroatoms. The molecule has 17 heavy (non-hydrogen) atoms. The highest BCUT2D eigenvalue weighted by Crippen LogP contribution is 2.31. The molecule has 90 valence electrons. The molecule has 0 bridgehead atoms. The van der Waals surface area contributed by atoms with Gasteiger partial charge in [-0.3, -0.25) is 0 Å². The van der Waals surface area contributed by atoms with Crippen LogP contribution < -0.4 is 0 Å². The summed E-state index contributed by atoms with van der Waals surface area (Å²) in [6.07, 6.45) is 0.0253. The number of imidazole rings is 1. The maximum Gasteiger partial charge on any atom is 0.180 e. The first-order chi connectivity index (χ1) is 8.16. The highest BCUT2D eigenvalue weighted by molar-refractivity contribution is 5.68. The number of hydrogen-bond donors (Lipinski definition) is 3. The molecule has 1 saturated heterocycles. The van der Waals surface area contributed by atoms with Gasteiger partial charge in [0.25, 0.3) is 0 Å².